The van der Waals surface area contributed by atoms with Crippen molar-refractivity contribution in [1.82, 2.24) is 0 Å². The van der Waals surface area contributed by atoms with E-state index in [1.54, 1.807) is 18.2 Å². The zero-order valence-corrected chi connectivity index (χ0v) is 11.7. The van der Waals surface area contributed by atoms with Gasteiger partial charge in [0.05, 0.1) is 16.7 Å². The van der Waals surface area contributed by atoms with E-state index in [4.69, 9.17) is 11.6 Å². The quantitative estimate of drug-likeness (QED) is 0.636. The molecule has 19 heavy (non-hydrogen) atoms. The van der Waals surface area contributed by atoms with Crippen LogP contribution in [0.1, 0.15) is 0 Å². The summed E-state index contributed by atoms with van der Waals surface area (Å²) < 4.78 is 14.0. The van der Waals surface area contributed by atoms with Crippen LogP contribution < -0.4 is 5.32 Å². The molecule has 0 heterocycles. The molecule has 0 aliphatic heterocycles. The number of anilines is 2. The Morgan fingerprint density at radius 3 is 2.68 bits per heavy atom. The lowest BCUT2D eigenvalue weighted by Gasteiger charge is -2.09. The largest absolute Gasteiger partial charge is 0.354 e. The molecule has 0 unspecified atom stereocenters. The normalized spacial score (nSPS) is 10.3. The van der Waals surface area contributed by atoms with Crippen LogP contribution in [0.4, 0.5) is 21.5 Å². The Morgan fingerprint density at radius 2 is 2.00 bits per heavy atom. The highest BCUT2D eigenvalue weighted by molar-refractivity contribution is 9.10. The highest BCUT2D eigenvalue weighted by Crippen LogP contribution is 2.30. The van der Waals surface area contributed by atoms with Crippen molar-refractivity contribution in [2.75, 3.05) is 5.32 Å². The molecule has 4 nitrogen and oxygen atoms in total. The van der Waals surface area contributed by atoms with Gasteiger partial charge >= 0.3 is 0 Å². The molecule has 2 aromatic rings. The van der Waals surface area contributed by atoms with E-state index < -0.39 is 10.7 Å². The molecule has 0 saturated heterocycles. The Labute approximate surface area is 121 Å². The first-order valence-corrected chi connectivity index (χ1v) is 6.30. The van der Waals surface area contributed by atoms with Gasteiger partial charge in [-0.05, 0) is 40.2 Å². The molecule has 0 bridgehead atoms. The van der Waals surface area contributed by atoms with E-state index in [0.717, 1.165) is 6.07 Å². The summed E-state index contributed by atoms with van der Waals surface area (Å²) >= 11 is 9.16. The fourth-order valence-electron chi connectivity index (χ4n) is 1.50. The first kappa shape index (κ1) is 13.8. The van der Waals surface area contributed by atoms with E-state index in [0.29, 0.717) is 15.2 Å². The smallest absolute Gasteiger partial charge is 0.274 e. The summed E-state index contributed by atoms with van der Waals surface area (Å²) in [5.74, 6) is -0.685. The summed E-state index contributed by atoms with van der Waals surface area (Å²) in [6.07, 6.45) is 0. The fourth-order valence-corrected chi connectivity index (χ4v) is 2.02. The molecule has 7 heteroatoms. The number of hydrogen-bond acceptors (Lipinski definition) is 3. The van der Waals surface area contributed by atoms with E-state index in [2.05, 4.69) is 21.2 Å². The van der Waals surface area contributed by atoms with Gasteiger partial charge in [-0.25, -0.2) is 4.39 Å². The molecule has 0 aromatic heterocycles. The maximum absolute atomic E-state index is 13.3. The highest BCUT2D eigenvalue weighted by Gasteiger charge is 2.11. The molecule has 0 amide bonds. The topological polar surface area (TPSA) is 55.2 Å². The van der Waals surface area contributed by atoms with Crippen molar-refractivity contribution in [1.29, 1.82) is 0 Å². The van der Waals surface area contributed by atoms with Crippen LogP contribution in [-0.4, -0.2) is 4.92 Å². The molecule has 0 aliphatic rings. The number of nitrogens with one attached hydrogen (secondary N) is 1. The molecular formula is C12H7BrClFN2O2. The van der Waals surface area contributed by atoms with Gasteiger partial charge in [0.1, 0.15) is 5.82 Å². The summed E-state index contributed by atoms with van der Waals surface area (Å²) in [5, 5.41) is 14.0. The summed E-state index contributed by atoms with van der Waals surface area (Å²) in [6, 6.07) is 8.31. The van der Waals surface area contributed by atoms with Crippen LogP contribution in [0.15, 0.2) is 40.9 Å². The van der Waals surface area contributed by atoms with E-state index in [1.807, 2.05) is 0 Å². The van der Waals surface area contributed by atoms with Crippen molar-refractivity contribution < 1.29 is 9.31 Å². The molecule has 0 saturated carbocycles. The van der Waals surface area contributed by atoms with E-state index in [1.165, 1.54) is 12.1 Å². The lowest BCUT2D eigenvalue weighted by molar-refractivity contribution is -0.385. The molecule has 0 fully saturated rings. The molecule has 98 valence electrons. The molecule has 1 N–H and O–H groups in total. The predicted molar refractivity (Wildman–Crippen MR) is 75.5 cm³/mol. The van der Waals surface area contributed by atoms with Gasteiger partial charge in [0.15, 0.2) is 0 Å². The number of benzene rings is 2. The summed E-state index contributed by atoms with van der Waals surface area (Å²) in [7, 11) is 0. The Kier molecular flexibility index (Phi) is 4.01. The first-order chi connectivity index (χ1) is 8.95. The highest BCUT2D eigenvalue weighted by atomic mass is 79.9. The number of nitro benzene ring substituents is 1. The number of halogens is 3. The van der Waals surface area contributed by atoms with Gasteiger partial charge in [-0.1, -0.05) is 11.6 Å². The third-order valence-electron chi connectivity index (χ3n) is 2.30. The van der Waals surface area contributed by atoms with Crippen LogP contribution in [-0.2, 0) is 0 Å². The Bertz CT molecular complexity index is 652. The Balaban J connectivity index is 2.38. The zero-order valence-electron chi connectivity index (χ0n) is 9.36. The summed E-state index contributed by atoms with van der Waals surface area (Å²) in [4.78, 5) is 10.0. The van der Waals surface area contributed by atoms with Crippen LogP contribution in [0.25, 0.3) is 0 Å². The van der Waals surface area contributed by atoms with Crippen molar-refractivity contribution >= 4 is 44.6 Å². The molecule has 2 rings (SSSR count). The third-order valence-corrected chi connectivity index (χ3v) is 3.23. The number of hydrogen-bond donors (Lipinski definition) is 1. The van der Waals surface area contributed by atoms with Crippen LogP contribution in [0, 0.1) is 15.9 Å². The molecule has 0 radical (unpaired) electrons. The molecule has 0 aliphatic carbocycles. The van der Waals surface area contributed by atoms with Crippen molar-refractivity contribution in [3.8, 4) is 0 Å². The number of non-ortho nitro benzene ring substituents is 1. The standard InChI is InChI=1S/C12H7BrClFN2O2/c13-11-2-1-7(14)3-12(11)16-9-4-8(15)5-10(6-9)17(18)19/h1-6,16H. The zero-order chi connectivity index (χ0) is 14.0. The molecule has 0 spiro atoms. The van der Waals surface area contributed by atoms with Crippen LogP contribution in [0.5, 0.6) is 0 Å². The second-order valence-electron chi connectivity index (χ2n) is 3.70. The monoisotopic (exact) mass is 344 g/mol. The van der Waals surface area contributed by atoms with Gasteiger partial charge in [-0.3, -0.25) is 10.1 Å². The van der Waals surface area contributed by atoms with Crippen LogP contribution in [0.3, 0.4) is 0 Å². The van der Waals surface area contributed by atoms with E-state index in [-0.39, 0.29) is 11.4 Å². The molecular weight excluding hydrogens is 338 g/mol. The van der Waals surface area contributed by atoms with Crippen molar-refractivity contribution in [3.63, 3.8) is 0 Å². The molecule has 0 atom stereocenters. The van der Waals surface area contributed by atoms with Gasteiger partial charge in [0, 0.05) is 21.2 Å². The van der Waals surface area contributed by atoms with Crippen molar-refractivity contribution in [3.05, 3.63) is 61.8 Å². The third kappa shape index (κ3) is 3.42. The van der Waals surface area contributed by atoms with E-state index >= 15 is 0 Å². The summed E-state index contributed by atoms with van der Waals surface area (Å²) in [6.45, 7) is 0. The maximum Gasteiger partial charge on any atom is 0.274 e. The Hall–Kier alpha value is -1.66. The number of nitrogens with zero attached hydrogens (tertiary/aromatic N) is 1. The van der Waals surface area contributed by atoms with Gasteiger partial charge in [-0.2, -0.15) is 0 Å². The van der Waals surface area contributed by atoms with Gasteiger partial charge in [0.2, 0.25) is 0 Å². The van der Waals surface area contributed by atoms with Crippen LogP contribution >= 0.6 is 27.5 Å². The lowest BCUT2D eigenvalue weighted by Crippen LogP contribution is -1.95. The average Bonchev–Trinajstić information content (AvgIpc) is 2.33. The van der Waals surface area contributed by atoms with Crippen molar-refractivity contribution in [2.24, 2.45) is 0 Å². The van der Waals surface area contributed by atoms with Crippen molar-refractivity contribution in [2.45, 2.75) is 0 Å². The van der Waals surface area contributed by atoms with Crippen LogP contribution in [0.2, 0.25) is 5.02 Å². The SMILES string of the molecule is O=[N+]([O-])c1cc(F)cc(Nc2cc(Cl)ccc2Br)c1. The fraction of sp³-hybridized carbons (Fsp3) is 0. The Morgan fingerprint density at radius 1 is 1.26 bits per heavy atom. The number of rotatable bonds is 3. The average molecular weight is 346 g/mol. The lowest BCUT2D eigenvalue weighted by atomic mass is 10.2. The minimum Gasteiger partial charge on any atom is -0.354 e. The first-order valence-electron chi connectivity index (χ1n) is 5.13. The number of nitro groups is 1. The predicted octanol–water partition coefficient (Wildman–Crippen LogP) is 4.89. The van der Waals surface area contributed by atoms with Gasteiger partial charge in [-0.15, -0.1) is 0 Å². The summed E-state index contributed by atoms with van der Waals surface area (Å²) in [5.41, 5.74) is 0.544. The van der Waals surface area contributed by atoms with Gasteiger partial charge < -0.3 is 5.32 Å². The van der Waals surface area contributed by atoms with Gasteiger partial charge in [0.25, 0.3) is 5.69 Å². The molecule has 2 aromatic carbocycles. The minimum absolute atomic E-state index is 0.273. The second kappa shape index (κ2) is 5.54. The second-order valence-corrected chi connectivity index (χ2v) is 5.00. The maximum atomic E-state index is 13.3. The minimum atomic E-state index is -0.685. The van der Waals surface area contributed by atoms with E-state index in [9.17, 15) is 14.5 Å².